The van der Waals surface area contributed by atoms with E-state index in [4.69, 9.17) is 0 Å². The molecule has 1 aliphatic heterocycles. The van der Waals surface area contributed by atoms with Crippen molar-refractivity contribution >= 4 is 34.6 Å². The molecule has 0 saturated carbocycles. The standard InChI is InChI=1S/C11H10INO/c12-7-9-6-5-8-3-1-2-4-10(8)11(14)13-9/h1-6,9H,7H2,(H,13,14)/t9-/m1/s1. The van der Waals surface area contributed by atoms with Gasteiger partial charge in [-0.15, -0.1) is 0 Å². The highest BCUT2D eigenvalue weighted by Gasteiger charge is 2.15. The zero-order chi connectivity index (χ0) is 9.97. The van der Waals surface area contributed by atoms with Crippen LogP contribution in [0.3, 0.4) is 0 Å². The molecule has 2 rings (SSSR count). The SMILES string of the molecule is O=C1N[C@@H](CI)C=Cc2ccccc21. The van der Waals surface area contributed by atoms with Crippen LogP contribution < -0.4 is 5.32 Å². The first kappa shape index (κ1) is 9.71. The van der Waals surface area contributed by atoms with Crippen LogP contribution in [0.1, 0.15) is 15.9 Å². The highest BCUT2D eigenvalue weighted by Crippen LogP contribution is 2.15. The Morgan fingerprint density at radius 3 is 2.93 bits per heavy atom. The summed E-state index contributed by atoms with van der Waals surface area (Å²) in [4.78, 5) is 11.7. The summed E-state index contributed by atoms with van der Waals surface area (Å²) in [5, 5.41) is 2.95. The average molecular weight is 299 g/mol. The molecule has 0 radical (unpaired) electrons. The minimum absolute atomic E-state index is 0.0206. The molecule has 1 amide bonds. The average Bonchev–Trinajstić information content (AvgIpc) is 2.39. The molecule has 72 valence electrons. The van der Waals surface area contributed by atoms with E-state index >= 15 is 0 Å². The van der Waals surface area contributed by atoms with Crippen molar-refractivity contribution in [2.75, 3.05) is 4.43 Å². The lowest BCUT2D eigenvalue weighted by atomic mass is 10.1. The van der Waals surface area contributed by atoms with E-state index in [-0.39, 0.29) is 11.9 Å². The summed E-state index contributed by atoms with van der Waals surface area (Å²) in [6.45, 7) is 0. The van der Waals surface area contributed by atoms with Gasteiger partial charge in [-0.05, 0) is 11.6 Å². The molecule has 0 spiro atoms. The van der Waals surface area contributed by atoms with E-state index in [1.807, 2.05) is 36.4 Å². The van der Waals surface area contributed by atoms with Crippen LogP contribution in [0.4, 0.5) is 0 Å². The molecule has 3 heteroatoms. The fourth-order valence-electron chi connectivity index (χ4n) is 1.45. The maximum Gasteiger partial charge on any atom is 0.252 e. The van der Waals surface area contributed by atoms with Crippen LogP contribution in [0.15, 0.2) is 30.3 Å². The van der Waals surface area contributed by atoms with Crippen LogP contribution in [-0.2, 0) is 0 Å². The van der Waals surface area contributed by atoms with Crippen molar-refractivity contribution in [3.63, 3.8) is 0 Å². The van der Waals surface area contributed by atoms with E-state index in [0.29, 0.717) is 0 Å². The van der Waals surface area contributed by atoms with Crippen molar-refractivity contribution in [1.82, 2.24) is 5.32 Å². The number of fused-ring (bicyclic) bond motifs is 1. The van der Waals surface area contributed by atoms with Crippen LogP contribution in [0.2, 0.25) is 0 Å². The van der Waals surface area contributed by atoms with Gasteiger partial charge in [0.05, 0.1) is 6.04 Å². The summed E-state index contributed by atoms with van der Waals surface area (Å²) < 4.78 is 0.897. The van der Waals surface area contributed by atoms with Crippen LogP contribution in [0.5, 0.6) is 0 Å². The van der Waals surface area contributed by atoms with E-state index < -0.39 is 0 Å². The number of hydrogen-bond donors (Lipinski definition) is 1. The van der Waals surface area contributed by atoms with Gasteiger partial charge in [0, 0.05) is 9.99 Å². The molecule has 1 heterocycles. The van der Waals surface area contributed by atoms with Crippen molar-refractivity contribution in [3.05, 3.63) is 41.5 Å². The number of carbonyl (C=O) groups is 1. The Labute approximate surface area is 96.5 Å². The number of amides is 1. The second kappa shape index (κ2) is 4.13. The van der Waals surface area contributed by atoms with E-state index in [9.17, 15) is 4.79 Å². The maximum atomic E-state index is 11.7. The predicted octanol–water partition coefficient (Wildman–Crippen LogP) is 2.25. The van der Waals surface area contributed by atoms with Gasteiger partial charge in [-0.25, -0.2) is 0 Å². The van der Waals surface area contributed by atoms with Crippen LogP contribution in [0.25, 0.3) is 6.08 Å². The summed E-state index contributed by atoms with van der Waals surface area (Å²) >= 11 is 2.27. The van der Waals surface area contributed by atoms with E-state index in [2.05, 4.69) is 27.9 Å². The molecule has 0 bridgehead atoms. The normalized spacial score (nSPS) is 19.8. The first-order valence-electron chi connectivity index (χ1n) is 4.45. The predicted molar refractivity (Wildman–Crippen MR) is 65.6 cm³/mol. The monoisotopic (exact) mass is 299 g/mol. The highest BCUT2D eigenvalue weighted by molar-refractivity contribution is 14.1. The Kier molecular flexibility index (Phi) is 2.86. The first-order chi connectivity index (χ1) is 6.81. The summed E-state index contributed by atoms with van der Waals surface area (Å²) in [7, 11) is 0. The van der Waals surface area contributed by atoms with Gasteiger partial charge in [0.15, 0.2) is 0 Å². The quantitative estimate of drug-likeness (QED) is 0.625. The molecular weight excluding hydrogens is 289 g/mol. The van der Waals surface area contributed by atoms with Gasteiger partial charge < -0.3 is 5.32 Å². The lowest BCUT2D eigenvalue weighted by molar-refractivity contribution is 0.0948. The molecular formula is C11H10INO. The zero-order valence-corrected chi connectivity index (χ0v) is 9.69. The summed E-state index contributed by atoms with van der Waals surface area (Å²) in [6.07, 6.45) is 4.05. The zero-order valence-electron chi connectivity index (χ0n) is 7.53. The fourth-order valence-corrected chi connectivity index (χ4v) is 1.97. The van der Waals surface area contributed by atoms with Crippen molar-refractivity contribution in [2.45, 2.75) is 6.04 Å². The van der Waals surface area contributed by atoms with Gasteiger partial charge in [-0.3, -0.25) is 4.79 Å². The molecule has 1 aliphatic rings. The molecule has 0 saturated heterocycles. The second-order valence-corrected chi connectivity index (χ2v) is 4.06. The van der Waals surface area contributed by atoms with Gasteiger partial charge in [0.25, 0.3) is 5.91 Å². The third-order valence-corrected chi connectivity index (χ3v) is 3.15. The molecule has 2 nitrogen and oxygen atoms in total. The summed E-state index contributed by atoms with van der Waals surface area (Å²) in [5.41, 5.74) is 1.76. The molecule has 1 atom stereocenters. The lowest BCUT2D eigenvalue weighted by Gasteiger charge is -2.09. The van der Waals surface area contributed by atoms with E-state index in [1.165, 1.54) is 0 Å². The Morgan fingerprint density at radius 1 is 1.36 bits per heavy atom. The van der Waals surface area contributed by atoms with Gasteiger partial charge in [0.1, 0.15) is 0 Å². The van der Waals surface area contributed by atoms with Crippen molar-refractivity contribution in [2.24, 2.45) is 0 Å². The minimum Gasteiger partial charge on any atom is -0.345 e. The van der Waals surface area contributed by atoms with Gasteiger partial charge in [0.2, 0.25) is 0 Å². The second-order valence-electron chi connectivity index (χ2n) is 3.18. The highest BCUT2D eigenvalue weighted by atomic mass is 127. The Bertz CT molecular complexity index is 387. The summed E-state index contributed by atoms with van der Waals surface area (Å²) in [6, 6.07) is 7.79. The maximum absolute atomic E-state index is 11.7. The molecule has 1 N–H and O–H groups in total. The van der Waals surface area contributed by atoms with E-state index in [0.717, 1.165) is 15.6 Å². The molecule has 0 aromatic heterocycles. The first-order valence-corrected chi connectivity index (χ1v) is 5.98. The number of hydrogen-bond acceptors (Lipinski definition) is 1. The smallest absolute Gasteiger partial charge is 0.252 e. The van der Waals surface area contributed by atoms with Crippen molar-refractivity contribution in [1.29, 1.82) is 0 Å². The Balaban J connectivity index is 2.42. The number of benzene rings is 1. The van der Waals surface area contributed by atoms with Crippen LogP contribution in [0, 0.1) is 0 Å². The number of nitrogens with one attached hydrogen (secondary N) is 1. The van der Waals surface area contributed by atoms with Crippen molar-refractivity contribution in [3.8, 4) is 0 Å². The van der Waals surface area contributed by atoms with Gasteiger partial charge in [-0.1, -0.05) is 52.9 Å². The summed E-state index contributed by atoms with van der Waals surface area (Å²) in [5.74, 6) is 0.0206. The number of carbonyl (C=O) groups excluding carboxylic acids is 1. The number of halogens is 1. The van der Waals surface area contributed by atoms with E-state index in [1.54, 1.807) is 0 Å². The lowest BCUT2D eigenvalue weighted by Crippen LogP contribution is -2.33. The van der Waals surface area contributed by atoms with Crippen molar-refractivity contribution < 1.29 is 4.79 Å². The molecule has 1 aromatic rings. The van der Waals surface area contributed by atoms with Gasteiger partial charge in [-0.2, -0.15) is 0 Å². The van der Waals surface area contributed by atoms with Crippen LogP contribution >= 0.6 is 22.6 Å². The number of rotatable bonds is 1. The van der Waals surface area contributed by atoms with Crippen LogP contribution in [-0.4, -0.2) is 16.4 Å². The van der Waals surface area contributed by atoms with Gasteiger partial charge >= 0.3 is 0 Å². The molecule has 1 aromatic carbocycles. The third-order valence-electron chi connectivity index (χ3n) is 2.20. The minimum atomic E-state index is 0.0206. The Hall–Kier alpha value is -0.840. The fraction of sp³-hybridized carbons (Fsp3) is 0.182. The Morgan fingerprint density at radius 2 is 2.14 bits per heavy atom. The topological polar surface area (TPSA) is 29.1 Å². The third kappa shape index (κ3) is 1.82. The molecule has 0 aliphatic carbocycles. The number of alkyl halides is 1. The molecule has 0 unspecified atom stereocenters. The largest absolute Gasteiger partial charge is 0.345 e. The molecule has 14 heavy (non-hydrogen) atoms. The molecule has 0 fully saturated rings.